The summed E-state index contributed by atoms with van der Waals surface area (Å²) in [6, 6.07) is 0. The average Bonchev–Trinajstić information content (AvgIpc) is 2.33. The van der Waals surface area contributed by atoms with Gasteiger partial charge in [-0.15, -0.1) is 0 Å². The highest BCUT2D eigenvalue weighted by atomic mass is 16.5. The van der Waals surface area contributed by atoms with Crippen LogP contribution in [0.15, 0.2) is 24.3 Å². The molecule has 1 aliphatic carbocycles. The Morgan fingerprint density at radius 3 is 2.82 bits per heavy atom. The van der Waals surface area contributed by atoms with Crippen LogP contribution in [0, 0.1) is 5.92 Å². The number of methoxy groups -OCH3 is 1. The second kappa shape index (κ2) is 7.41. The summed E-state index contributed by atoms with van der Waals surface area (Å²) in [5.41, 5.74) is 0. The summed E-state index contributed by atoms with van der Waals surface area (Å²) in [5.74, 6) is 0.302. The predicted octanol–water partition coefficient (Wildman–Crippen LogP) is 2.25. The SMILES string of the molecule is CO[C@H]1C=CCC=CCC(=O)CC[C@@H](C)[C@@H]1O. The highest BCUT2D eigenvalue weighted by Crippen LogP contribution is 2.18. The first-order valence-corrected chi connectivity index (χ1v) is 6.19. The normalized spacial score (nSPS) is 31.9. The summed E-state index contributed by atoms with van der Waals surface area (Å²) in [4.78, 5) is 11.5. The first-order valence-electron chi connectivity index (χ1n) is 6.19. The molecule has 0 aliphatic heterocycles. The summed E-state index contributed by atoms with van der Waals surface area (Å²) < 4.78 is 5.26. The molecule has 0 aromatic rings. The summed E-state index contributed by atoms with van der Waals surface area (Å²) in [6.07, 6.45) is 9.43. The van der Waals surface area contributed by atoms with Gasteiger partial charge in [-0.25, -0.2) is 0 Å². The lowest BCUT2D eigenvalue weighted by Gasteiger charge is -2.24. The van der Waals surface area contributed by atoms with E-state index < -0.39 is 6.10 Å². The molecule has 0 unspecified atom stereocenters. The van der Waals surface area contributed by atoms with E-state index in [4.69, 9.17) is 4.74 Å². The Kier molecular flexibility index (Phi) is 6.16. The summed E-state index contributed by atoms with van der Waals surface area (Å²) in [5, 5.41) is 10.1. The second-order valence-electron chi connectivity index (χ2n) is 4.58. The van der Waals surface area contributed by atoms with E-state index in [0.717, 1.165) is 6.42 Å². The molecule has 0 bridgehead atoms. The Labute approximate surface area is 103 Å². The minimum atomic E-state index is -0.549. The van der Waals surface area contributed by atoms with Crippen molar-refractivity contribution in [3.05, 3.63) is 24.3 Å². The van der Waals surface area contributed by atoms with Gasteiger partial charge in [-0.2, -0.15) is 0 Å². The van der Waals surface area contributed by atoms with Crippen LogP contribution in [0.5, 0.6) is 0 Å². The number of aliphatic hydroxyl groups excluding tert-OH is 1. The first-order chi connectivity index (χ1) is 8.15. The second-order valence-corrected chi connectivity index (χ2v) is 4.58. The summed E-state index contributed by atoms with van der Waals surface area (Å²) in [7, 11) is 1.60. The van der Waals surface area contributed by atoms with E-state index in [1.807, 2.05) is 31.2 Å². The third-order valence-corrected chi connectivity index (χ3v) is 3.18. The minimum absolute atomic E-state index is 0.0666. The van der Waals surface area contributed by atoms with Crippen molar-refractivity contribution in [3.8, 4) is 0 Å². The van der Waals surface area contributed by atoms with Crippen LogP contribution in [0.3, 0.4) is 0 Å². The van der Waals surface area contributed by atoms with Crippen LogP contribution < -0.4 is 0 Å². The van der Waals surface area contributed by atoms with Crippen LogP contribution in [-0.2, 0) is 9.53 Å². The number of carbonyl (C=O) groups is 1. The number of hydrogen-bond donors (Lipinski definition) is 1. The van der Waals surface area contributed by atoms with Gasteiger partial charge in [0.1, 0.15) is 11.9 Å². The Morgan fingerprint density at radius 2 is 2.12 bits per heavy atom. The van der Waals surface area contributed by atoms with Gasteiger partial charge in [0.15, 0.2) is 0 Å². The molecule has 0 heterocycles. The molecule has 0 fully saturated rings. The molecule has 96 valence electrons. The highest BCUT2D eigenvalue weighted by Gasteiger charge is 2.23. The van der Waals surface area contributed by atoms with Gasteiger partial charge < -0.3 is 9.84 Å². The standard InChI is InChI=1S/C14H22O3/c1-11-9-10-12(15)7-5-3-4-6-8-13(17-2)14(11)16/h3,5-6,8,11,13-14,16H,4,7,9-10H2,1-2H3/t11-,13+,14+/m1/s1. The zero-order chi connectivity index (χ0) is 12.7. The molecular formula is C14H22O3. The van der Waals surface area contributed by atoms with E-state index in [9.17, 15) is 9.90 Å². The predicted molar refractivity (Wildman–Crippen MR) is 67.7 cm³/mol. The molecule has 1 rings (SSSR count). The number of allylic oxidation sites excluding steroid dienone is 3. The molecule has 3 atom stereocenters. The molecule has 17 heavy (non-hydrogen) atoms. The Hall–Kier alpha value is -0.930. The van der Waals surface area contributed by atoms with Gasteiger partial charge in [0.25, 0.3) is 0 Å². The third-order valence-electron chi connectivity index (χ3n) is 3.18. The van der Waals surface area contributed by atoms with E-state index >= 15 is 0 Å². The number of rotatable bonds is 1. The van der Waals surface area contributed by atoms with Gasteiger partial charge >= 0.3 is 0 Å². The molecule has 0 amide bonds. The van der Waals surface area contributed by atoms with Crippen molar-refractivity contribution in [1.29, 1.82) is 0 Å². The molecule has 3 heteroatoms. The summed E-state index contributed by atoms with van der Waals surface area (Å²) in [6.45, 7) is 1.96. The molecule has 1 aliphatic rings. The van der Waals surface area contributed by atoms with Crippen molar-refractivity contribution in [3.63, 3.8) is 0 Å². The maximum absolute atomic E-state index is 11.5. The smallest absolute Gasteiger partial charge is 0.136 e. The lowest BCUT2D eigenvalue weighted by Crippen LogP contribution is -2.32. The van der Waals surface area contributed by atoms with E-state index in [-0.39, 0.29) is 17.8 Å². The van der Waals surface area contributed by atoms with Gasteiger partial charge in [0.2, 0.25) is 0 Å². The van der Waals surface area contributed by atoms with E-state index in [0.29, 0.717) is 19.3 Å². The third kappa shape index (κ3) is 4.84. The van der Waals surface area contributed by atoms with Crippen molar-refractivity contribution < 1.29 is 14.6 Å². The number of carbonyl (C=O) groups excluding carboxylic acids is 1. The summed E-state index contributed by atoms with van der Waals surface area (Å²) >= 11 is 0. The fraction of sp³-hybridized carbons (Fsp3) is 0.643. The van der Waals surface area contributed by atoms with Crippen LogP contribution in [0.1, 0.15) is 32.6 Å². The first kappa shape index (κ1) is 14.1. The molecule has 1 N–H and O–H groups in total. The number of ketones is 1. The van der Waals surface area contributed by atoms with Gasteiger partial charge in [0.05, 0.1) is 6.10 Å². The highest BCUT2D eigenvalue weighted by molar-refractivity contribution is 5.79. The van der Waals surface area contributed by atoms with Crippen LogP contribution in [-0.4, -0.2) is 30.2 Å². The number of aliphatic hydroxyl groups is 1. The molecule has 0 saturated carbocycles. The monoisotopic (exact) mass is 238 g/mol. The van der Waals surface area contributed by atoms with E-state index in [2.05, 4.69) is 0 Å². The lowest BCUT2D eigenvalue weighted by molar-refractivity contribution is -0.118. The largest absolute Gasteiger partial charge is 0.390 e. The number of ether oxygens (including phenoxy) is 1. The Morgan fingerprint density at radius 1 is 1.35 bits per heavy atom. The zero-order valence-electron chi connectivity index (χ0n) is 10.6. The lowest BCUT2D eigenvalue weighted by atomic mass is 9.92. The Bertz CT molecular complexity index is 294. The van der Waals surface area contributed by atoms with Crippen molar-refractivity contribution in [2.75, 3.05) is 7.11 Å². The quantitative estimate of drug-likeness (QED) is 0.713. The van der Waals surface area contributed by atoms with Crippen LogP contribution in [0.2, 0.25) is 0 Å². The van der Waals surface area contributed by atoms with E-state index in [1.165, 1.54) is 0 Å². The zero-order valence-corrected chi connectivity index (χ0v) is 10.6. The molecule has 0 aromatic carbocycles. The number of Topliss-reactive ketones (excluding diaryl/α,β-unsaturated/α-hetero) is 1. The molecule has 3 nitrogen and oxygen atoms in total. The topological polar surface area (TPSA) is 46.5 Å². The van der Waals surface area contributed by atoms with Gasteiger partial charge in [-0.3, -0.25) is 4.79 Å². The fourth-order valence-corrected chi connectivity index (χ4v) is 1.92. The van der Waals surface area contributed by atoms with Crippen molar-refractivity contribution >= 4 is 5.78 Å². The molecule has 0 radical (unpaired) electrons. The van der Waals surface area contributed by atoms with Gasteiger partial charge in [-0.05, 0) is 18.8 Å². The van der Waals surface area contributed by atoms with Crippen LogP contribution in [0.25, 0.3) is 0 Å². The average molecular weight is 238 g/mol. The van der Waals surface area contributed by atoms with Crippen LogP contribution >= 0.6 is 0 Å². The fourth-order valence-electron chi connectivity index (χ4n) is 1.92. The Balaban J connectivity index is 2.72. The molecule has 0 saturated heterocycles. The minimum Gasteiger partial charge on any atom is -0.390 e. The van der Waals surface area contributed by atoms with Crippen molar-refractivity contribution in [2.24, 2.45) is 5.92 Å². The van der Waals surface area contributed by atoms with E-state index in [1.54, 1.807) is 7.11 Å². The van der Waals surface area contributed by atoms with Crippen molar-refractivity contribution in [1.82, 2.24) is 0 Å². The van der Waals surface area contributed by atoms with Gasteiger partial charge in [0, 0.05) is 20.0 Å². The molecular weight excluding hydrogens is 216 g/mol. The number of hydrogen-bond acceptors (Lipinski definition) is 3. The van der Waals surface area contributed by atoms with Gasteiger partial charge in [-0.1, -0.05) is 31.2 Å². The maximum atomic E-state index is 11.5. The maximum Gasteiger partial charge on any atom is 0.136 e. The molecule has 0 aromatic heterocycles. The molecule has 0 spiro atoms. The van der Waals surface area contributed by atoms with Crippen molar-refractivity contribution in [2.45, 2.75) is 44.8 Å². The van der Waals surface area contributed by atoms with Crippen LogP contribution in [0.4, 0.5) is 0 Å².